The van der Waals surface area contributed by atoms with E-state index in [2.05, 4.69) is 10.0 Å². The van der Waals surface area contributed by atoms with Crippen LogP contribution in [0.2, 0.25) is 0 Å². The lowest BCUT2D eigenvalue weighted by molar-refractivity contribution is 0.112. The van der Waals surface area contributed by atoms with Gasteiger partial charge in [-0.2, -0.15) is 0 Å². The average molecular weight is 217 g/mol. The molecule has 0 aliphatic carbocycles. The Morgan fingerprint density at radius 2 is 2.31 bits per heavy atom. The van der Waals surface area contributed by atoms with E-state index in [-0.39, 0.29) is 5.75 Å². The molecule has 0 saturated carbocycles. The number of benzene rings is 1. The first-order valence-electron chi connectivity index (χ1n) is 4.73. The largest absolute Gasteiger partial charge is 0.507 e. The van der Waals surface area contributed by atoms with Gasteiger partial charge in [0.25, 0.3) is 0 Å². The van der Waals surface area contributed by atoms with Crippen molar-refractivity contribution < 1.29 is 9.90 Å². The molecule has 0 aliphatic heterocycles. The highest BCUT2D eigenvalue weighted by Crippen LogP contribution is 2.19. The minimum Gasteiger partial charge on any atom is -0.507 e. The Kier molecular flexibility index (Phi) is 4.63. The Balaban J connectivity index is 2.71. The molecule has 82 valence electrons. The van der Waals surface area contributed by atoms with Crippen molar-refractivity contribution in [2.24, 2.45) is 5.11 Å². The molecule has 1 aromatic rings. The second kappa shape index (κ2) is 6.27. The Morgan fingerprint density at radius 3 is 3.00 bits per heavy atom. The van der Waals surface area contributed by atoms with Crippen molar-refractivity contribution in [3.63, 3.8) is 0 Å². The summed E-state index contributed by atoms with van der Waals surface area (Å²) < 4.78 is 0. The van der Waals surface area contributed by atoms with Gasteiger partial charge < -0.3 is 5.11 Å². The summed E-state index contributed by atoms with van der Waals surface area (Å²) in [4.78, 5) is 13.1. The van der Waals surface area contributed by atoms with Gasteiger partial charge in [-0.3, -0.25) is 4.79 Å². The van der Waals surface area contributed by atoms with Crippen LogP contribution >= 0.6 is 0 Å². The highest BCUT2D eigenvalue weighted by Gasteiger charge is 1.98. The van der Waals surface area contributed by atoms with Crippen molar-refractivity contribution >= 4 is 12.4 Å². The molecule has 0 radical (unpaired) electrons. The minimum absolute atomic E-state index is 0.116. The van der Waals surface area contributed by atoms with E-state index in [1.165, 1.54) is 6.07 Å². The van der Waals surface area contributed by atoms with Gasteiger partial charge in [-0.1, -0.05) is 17.3 Å². The zero-order valence-corrected chi connectivity index (χ0v) is 8.58. The fourth-order valence-corrected chi connectivity index (χ4v) is 1.17. The first-order valence-corrected chi connectivity index (χ1v) is 4.73. The van der Waals surface area contributed by atoms with Gasteiger partial charge in [-0.15, -0.1) is 0 Å². The van der Waals surface area contributed by atoms with Crippen LogP contribution in [-0.2, 0) is 0 Å². The summed E-state index contributed by atoms with van der Waals surface area (Å²) in [5.41, 5.74) is 9.13. The minimum atomic E-state index is 0.116. The zero-order valence-electron chi connectivity index (χ0n) is 8.58. The Morgan fingerprint density at radius 1 is 1.50 bits per heavy atom. The van der Waals surface area contributed by atoms with E-state index < -0.39 is 0 Å². The van der Waals surface area contributed by atoms with Gasteiger partial charge in [0.15, 0.2) is 0 Å². The van der Waals surface area contributed by atoms with Crippen LogP contribution in [0.3, 0.4) is 0 Å². The Bertz CT molecular complexity index is 449. The number of rotatable bonds is 5. The predicted octanol–water partition coefficient (Wildman–Crippen LogP) is 2.92. The number of hydrogen-bond acceptors (Lipinski definition) is 3. The molecule has 0 heterocycles. The smallest absolute Gasteiger partial charge is 0.150 e. The normalized spacial score (nSPS) is 10.0. The average Bonchev–Trinajstić information content (AvgIpc) is 2.31. The van der Waals surface area contributed by atoms with Crippen LogP contribution < -0.4 is 0 Å². The molecule has 5 nitrogen and oxygen atoms in total. The number of phenolic OH excluding ortho intramolecular Hbond substituents is 1. The van der Waals surface area contributed by atoms with Crippen LogP contribution in [0.4, 0.5) is 0 Å². The van der Waals surface area contributed by atoms with Crippen molar-refractivity contribution in [2.45, 2.75) is 6.42 Å². The molecule has 1 N–H and O–H groups in total. The van der Waals surface area contributed by atoms with Gasteiger partial charge >= 0.3 is 0 Å². The third-order valence-electron chi connectivity index (χ3n) is 1.94. The van der Waals surface area contributed by atoms with Crippen molar-refractivity contribution in [1.29, 1.82) is 0 Å². The molecule has 0 spiro atoms. The van der Waals surface area contributed by atoms with Gasteiger partial charge in [0.05, 0.1) is 0 Å². The second-order valence-electron chi connectivity index (χ2n) is 3.08. The molecule has 0 saturated heterocycles. The van der Waals surface area contributed by atoms with E-state index in [0.717, 1.165) is 6.29 Å². The SMILES string of the molecule is [N-]=[N+]=NCCC=Cc1cc(C=O)ccc1O. The van der Waals surface area contributed by atoms with Crippen molar-refractivity contribution in [2.75, 3.05) is 6.54 Å². The standard InChI is InChI=1S/C11H11N3O2/c12-14-13-6-2-1-3-10-7-9(8-15)4-5-11(10)16/h1,3-5,7-8,16H,2,6H2. The van der Waals surface area contributed by atoms with Gasteiger partial charge in [-0.05, 0) is 30.2 Å². The number of phenols is 1. The maximum Gasteiger partial charge on any atom is 0.150 e. The van der Waals surface area contributed by atoms with Gasteiger partial charge in [0, 0.05) is 22.6 Å². The number of carbonyl (C=O) groups is 1. The lowest BCUT2D eigenvalue weighted by Crippen LogP contribution is -1.82. The molecule has 0 aromatic heterocycles. The molecular weight excluding hydrogens is 206 g/mol. The summed E-state index contributed by atoms with van der Waals surface area (Å²) >= 11 is 0. The number of hydrogen-bond donors (Lipinski definition) is 1. The first kappa shape index (κ1) is 11.8. The number of aldehydes is 1. The highest BCUT2D eigenvalue weighted by atomic mass is 16.3. The number of carbonyl (C=O) groups excluding carboxylic acids is 1. The number of nitrogens with zero attached hydrogens (tertiary/aromatic N) is 3. The number of aromatic hydroxyl groups is 1. The van der Waals surface area contributed by atoms with Gasteiger partial charge in [0.2, 0.25) is 0 Å². The molecule has 0 atom stereocenters. The molecule has 1 aromatic carbocycles. The molecule has 0 aliphatic rings. The van der Waals surface area contributed by atoms with Crippen LogP contribution in [0.1, 0.15) is 22.3 Å². The van der Waals surface area contributed by atoms with Gasteiger partial charge in [-0.25, -0.2) is 0 Å². The summed E-state index contributed by atoms with van der Waals surface area (Å²) in [7, 11) is 0. The third kappa shape index (κ3) is 3.48. The van der Waals surface area contributed by atoms with E-state index >= 15 is 0 Å². The highest BCUT2D eigenvalue weighted by molar-refractivity contribution is 5.77. The van der Waals surface area contributed by atoms with Crippen molar-refractivity contribution in [3.05, 3.63) is 45.8 Å². The van der Waals surface area contributed by atoms with Gasteiger partial charge in [0.1, 0.15) is 12.0 Å². The fourth-order valence-electron chi connectivity index (χ4n) is 1.17. The molecule has 1 rings (SSSR count). The fraction of sp³-hybridized carbons (Fsp3) is 0.182. The van der Waals surface area contributed by atoms with Crippen LogP contribution in [0.25, 0.3) is 16.5 Å². The lowest BCUT2D eigenvalue weighted by Gasteiger charge is -1.99. The van der Waals surface area contributed by atoms with Crippen LogP contribution in [0.5, 0.6) is 5.75 Å². The summed E-state index contributed by atoms with van der Waals surface area (Å²) in [6.07, 6.45) is 4.78. The monoisotopic (exact) mass is 217 g/mol. The molecule has 0 fully saturated rings. The third-order valence-corrected chi connectivity index (χ3v) is 1.94. The summed E-state index contributed by atoms with van der Waals surface area (Å²) in [6, 6.07) is 4.60. The van der Waals surface area contributed by atoms with E-state index in [4.69, 9.17) is 5.53 Å². The van der Waals surface area contributed by atoms with Crippen LogP contribution in [-0.4, -0.2) is 17.9 Å². The van der Waals surface area contributed by atoms with E-state index in [1.54, 1.807) is 24.3 Å². The quantitative estimate of drug-likeness (QED) is 0.270. The lowest BCUT2D eigenvalue weighted by atomic mass is 10.1. The zero-order chi connectivity index (χ0) is 11.8. The topological polar surface area (TPSA) is 86.1 Å². The predicted molar refractivity (Wildman–Crippen MR) is 61.2 cm³/mol. The summed E-state index contributed by atoms with van der Waals surface area (Å²) in [6.45, 7) is 0.376. The van der Waals surface area contributed by atoms with Crippen LogP contribution in [0.15, 0.2) is 29.4 Å². The molecule has 16 heavy (non-hydrogen) atoms. The summed E-state index contributed by atoms with van der Waals surface area (Å²) in [5, 5.41) is 12.9. The van der Waals surface area contributed by atoms with Crippen LogP contribution in [0, 0.1) is 0 Å². The molecule has 0 amide bonds. The Labute approximate surface area is 92.7 Å². The molecule has 0 bridgehead atoms. The second-order valence-corrected chi connectivity index (χ2v) is 3.08. The summed E-state index contributed by atoms with van der Waals surface area (Å²) in [5.74, 6) is 0.116. The van der Waals surface area contributed by atoms with Crippen molar-refractivity contribution in [3.8, 4) is 5.75 Å². The maximum absolute atomic E-state index is 10.5. The first-order chi connectivity index (χ1) is 7.77. The van der Waals surface area contributed by atoms with E-state index in [1.807, 2.05) is 0 Å². The molecule has 5 heteroatoms. The number of azide groups is 1. The van der Waals surface area contributed by atoms with Crippen molar-refractivity contribution in [1.82, 2.24) is 0 Å². The molecule has 0 unspecified atom stereocenters. The maximum atomic E-state index is 10.5. The molecular formula is C11H11N3O2. The van der Waals surface area contributed by atoms with E-state index in [0.29, 0.717) is 24.1 Å². The van der Waals surface area contributed by atoms with E-state index in [9.17, 15) is 9.90 Å². The Hall–Kier alpha value is -2.26.